The van der Waals surface area contributed by atoms with Gasteiger partial charge in [0.05, 0.1) is 23.3 Å². The normalized spacial score (nSPS) is 18.6. The first kappa shape index (κ1) is 23.6. The van der Waals surface area contributed by atoms with Crippen LogP contribution in [0.1, 0.15) is 11.3 Å². The number of nitrogens with one attached hydrogen (secondary N) is 3. The van der Waals surface area contributed by atoms with Gasteiger partial charge >= 0.3 is 0 Å². The molecule has 0 aliphatic carbocycles. The lowest BCUT2D eigenvalue weighted by molar-refractivity contribution is -0.124. The van der Waals surface area contributed by atoms with Crippen molar-refractivity contribution in [2.45, 2.75) is 25.0 Å². The quantitative estimate of drug-likeness (QED) is 0.440. The third kappa shape index (κ3) is 5.87. The van der Waals surface area contributed by atoms with E-state index in [2.05, 4.69) is 25.3 Å². The van der Waals surface area contributed by atoms with E-state index in [-0.39, 0.29) is 23.3 Å². The van der Waals surface area contributed by atoms with E-state index in [1.807, 2.05) is 18.2 Å². The Hall–Kier alpha value is -2.57. The standard InChI is InChI=1S/C21H20ClFN6O2S2/c1-29-18(20(31)27-12-5-6-15(23)14(22)8-12)9-17(28-33-29)19(30)25-10-13-11-26-21(32-13)16-4-2-3-7-24-16/h2-8,11,17-18,28H,9-10H2,1H3,(H,25,30)(H,27,31). The number of anilines is 1. The zero-order chi connectivity index (χ0) is 23.4. The molecule has 3 heterocycles. The van der Waals surface area contributed by atoms with Crippen LogP contribution in [0.4, 0.5) is 10.1 Å². The molecule has 1 aromatic carbocycles. The molecule has 12 heteroatoms. The van der Waals surface area contributed by atoms with E-state index >= 15 is 0 Å². The highest BCUT2D eigenvalue weighted by Crippen LogP contribution is 2.25. The molecule has 2 aromatic heterocycles. The zero-order valence-electron chi connectivity index (χ0n) is 17.4. The summed E-state index contributed by atoms with van der Waals surface area (Å²) in [6.45, 7) is 0.326. The van der Waals surface area contributed by atoms with Crippen LogP contribution in [-0.4, -0.2) is 45.2 Å². The molecule has 2 unspecified atom stereocenters. The molecular formula is C21H20ClFN6O2S2. The van der Waals surface area contributed by atoms with Gasteiger partial charge < -0.3 is 10.6 Å². The molecule has 1 fully saturated rings. The number of nitrogens with zero attached hydrogens (tertiary/aromatic N) is 3. The first-order chi connectivity index (χ1) is 15.9. The van der Waals surface area contributed by atoms with E-state index in [1.165, 1.54) is 41.7 Å². The molecule has 3 aromatic rings. The van der Waals surface area contributed by atoms with E-state index in [0.717, 1.165) is 15.6 Å². The lowest BCUT2D eigenvalue weighted by atomic mass is 10.1. The summed E-state index contributed by atoms with van der Waals surface area (Å²) in [7, 11) is 1.75. The number of carbonyl (C=O) groups is 2. The fourth-order valence-electron chi connectivity index (χ4n) is 3.16. The van der Waals surface area contributed by atoms with E-state index in [1.54, 1.807) is 23.7 Å². The molecule has 33 heavy (non-hydrogen) atoms. The van der Waals surface area contributed by atoms with Crippen molar-refractivity contribution in [1.82, 2.24) is 24.3 Å². The van der Waals surface area contributed by atoms with Gasteiger partial charge in [-0.3, -0.25) is 14.6 Å². The van der Waals surface area contributed by atoms with Crippen molar-refractivity contribution >= 4 is 52.6 Å². The second kappa shape index (κ2) is 10.6. The Morgan fingerprint density at radius 3 is 2.88 bits per heavy atom. The van der Waals surface area contributed by atoms with E-state index in [4.69, 9.17) is 11.6 Å². The number of amides is 2. The SMILES string of the molecule is CN1SNC(C(=O)NCc2cnc(-c3ccccn3)s2)CC1C(=O)Nc1ccc(F)c(Cl)c1. The molecule has 4 rings (SSSR count). The third-order valence-corrected chi connectivity index (χ3v) is 7.16. The van der Waals surface area contributed by atoms with Crippen molar-refractivity contribution in [2.75, 3.05) is 12.4 Å². The Morgan fingerprint density at radius 1 is 1.27 bits per heavy atom. The number of pyridine rings is 1. The third-order valence-electron chi connectivity index (χ3n) is 4.92. The average Bonchev–Trinajstić information content (AvgIpc) is 3.30. The van der Waals surface area contributed by atoms with Gasteiger partial charge in [-0.15, -0.1) is 11.3 Å². The number of aromatic nitrogens is 2. The zero-order valence-corrected chi connectivity index (χ0v) is 19.8. The van der Waals surface area contributed by atoms with Crippen molar-refractivity contribution < 1.29 is 14.0 Å². The predicted octanol–water partition coefficient (Wildman–Crippen LogP) is 3.48. The van der Waals surface area contributed by atoms with Crippen molar-refractivity contribution in [3.05, 3.63) is 64.5 Å². The molecule has 2 amide bonds. The lowest BCUT2D eigenvalue weighted by Gasteiger charge is -2.34. The van der Waals surface area contributed by atoms with Gasteiger partial charge in [0.25, 0.3) is 0 Å². The maximum atomic E-state index is 13.4. The highest BCUT2D eigenvalue weighted by molar-refractivity contribution is 7.95. The molecule has 8 nitrogen and oxygen atoms in total. The Balaban J connectivity index is 1.33. The van der Waals surface area contributed by atoms with Gasteiger partial charge in [-0.25, -0.2) is 18.4 Å². The van der Waals surface area contributed by atoms with Crippen LogP contribution in [0.3, 0.4) is 0 Å². The number of carbonyl (C=O) groups excluding carboxylic acids is 2. The topological polar surface area (TPSA) is 99.2 Å². The molecule has 0 saturated carbocycles. The fraction of sp³-hybridized carbons (Fsp3) is 0.238. The summed E-state index contributed by atoms with van der Waals surface area (Å²) in [5.41, 5.74) is 1.17. The van der Waals surface area contributed by atoms with Crippen molar-refractivity contribution in [2.24, 2.45) is 0 Å². The van der Waals surface area contributed by atoms with Crippen LogP contribution < -0.4 is 15.4 Å². The Morgan fingerprint density at radius 2 is 2.12 bits per heavy atom. The molecule has 1 aliphatic rings. The van der Waals surface area contributed by atoms with Crippen LogP contribution in [0.2, 0.25) is 5.02 Å². The maximum absolute atomic E-state index is 13.4. The van der Waals surface area contributed by atoms with E-state index in [9.17, 15) is 14.0 Å². The minimum Gasteiger partial charge on any atom is -0.350 e. The van der Waals surface area contributed by atoms with Gasteiger partial charge in [0.15, 0.2) is 0 Å². The maximum Gasteiger partial charge on any atom is 0.242 e. The summed E-state index contributed by atoms with van der Waals surface area (Å²) in [6, 6.07) is 8.45. The number of hydrogen-bond donors (Lipinski definition) is 3. The fourth-order valence-corrected chi connectivity index (χ4v) is 4.97. The van der Waals surface area contributed by atoms with Crippen LogP contribution in [0.5, 0.6) is 0 Å². The minimum absolute atomic E-state index is 0.0765. The Bertz CT molecular complexity index is 1150. The van der Waals surface area contributed by atoms with Crippen LogP contribution in [0, 0.1) is 5.82 Å². The average molecular weight is 507 g/mol. The molecule has 0 spiro atoms. The van der Waals surface area contributed by atoms with Crippen molar-refractivity contribution in [3.8, 4) is 10.7 Å². The summed E-state index contributed by atoms with van der Waals surface area (Å²) in [5, 5.41) is 6.33. The lowest BCUT2D eigenvalue weighted by Crippen LogP contribution is -2.53. The molecule has 0 bridgehead atoms. The molecule has 1 aliphatic heterocycles. The second-order valence-corrected chi connectivity index (χ2v) is 9.76. The summed E-state index contributed by atoms with van der Waals surface area (Å²) in [5.74, 6) is -1.09. The Labute approximate surface area is 203 Å². The van der Waals surface area contributed by atoms with E-state index in [0.29, 0.717) is 12.2 Å². The summed E-state index contributed by atoms with van der Waals surface area (Å²) >= 11 is 8.44. The van der Waals surface area contributed by atoms with Gasteiger partial charge in [0.2, 0.25) is 11.8 Å². The monoisotopic (exact) mass is 506 g/mol. The van der Waals surface area contributed by atoms with Crippen molar-refractivity contribution in [3.63, 3.8) is 0 Å². The molecule has 172 valence electrons. The molecule has 1 saturated heterocycles. The van der Waals surface area contributed by atoms with Crippen molar-refractivity contribution in [1.29, 1.82) is 0 Å². The number of likely N-dealkylation sites (N-methyl/N-ethyl adjacent to an activating group) is 1. The van der Waals surface area contributed by atoms with Gasteiger partial charge in [0.1, 0.15) is 16.9 Å². The summed E-state index contributed by atoms with van der Waals surface area (Å²) < 4.78 is 18.1. The largest absolute Gasteiger partial charge is 0.350 e. The smallest absolute Gasteiger partial charge is 0.242 e. The van der Waals surface area contributed by atoms with Crippen LogP contribution in [-0.2, 0) is 16.1 Å². The van der Waals surface area contributed by atoms with Gasteiger partial charge in [0, 0.05) is 35.1 Å². The first-order valence-corrected chi connectivity index (χ1v) is 11.9. The van der Waals surface area contributed by atoms with Crippen LogP contribution in [0.15, 0.2) is 48.8 Å². The molecular weight excluding hydrogens is 487 g/mol. The highest BCUT2D eigenvalue weighted by atomic mass is 35.5. The Kier molecular flexibility index (Phi) is 7.56. The number of benzene rings is 1. The molecule has 2 atom stereocenters. The number of hydrogen-bond acceptors (Lipinski definition) is 8. The predicted molar refractivity (Wildman–Crippen MR) is 128 cm³/mol. The molecule has 0 radical (unpaired) electrons. The highest BCUT2D eigenvalue weighted by Gasteiger charge is 2.35. The number of rotatable bonds is 6. The number of halogens is 2. The van der Waals surface area contributed by atoms with E-state index < -0.39 is 17.9 Å². The molecule has 3 N–H and O–H groups in total. The summed E-state index contributed by atoms with van der Waals surface area (Å²) in [4.78, 5) is 35.1. The van der Waals surface area contributed by atoms with Gasteiger partial charge in [-0.05, 0) is 43.8 Å². The number of thiazole rings is 1. The van der Waals surface area contributed by atoms with Gasteiger partial charge in [-0.1, -0.05) is 17.7 Å². The van der Waals surface area contributed by atoms with Gasteiger partial charge in [-0.2, -0.15) is 0 Å². The minimum atomic E-state index is -0.574. The van der Waals surface area contributed by atoms with Crippen LogP contribution >= 0.6 is 35.1 Å². The second-order valence-electron chi connectivity index (χ2n) is 7.24. The first-order valence-electron chi connectivity index (χ1n) is 9.96. The van der Waals surface area contributed by atoms with Crippen LogP contribution in [0.25, 0.3) is 10.7 Å². The summed E-state index contributed by atoms with van der Waals surface area (Å²) in [6.07, 6.45) is 3.69.